The number of aromatic nitrogens is 1. The first-order chi connectivity index (χ1) is 12.0. The van der Waals surface area contributed by atoms with Crippen molar-refractivity contribution in [3.63, 3.8) is 0 Å². The minimum absolute atomic E-state index is 0.0975. The molecule has 0 aromatic carbocycles. The maximum Gasteiger partial charge on any atom is 0.422 e. The Hall–Kier alpha value is -1.80. The molecule has 1 aromatic heterocycles. The molecule has 1 fully saturated rings. The van der Waals surface area contributed by atoms with E-state index in [9.17, 15) is 13.2 Å². The first-order valence-electron chi connectivity index (χ1n) is 8.43. The second-order valence-corrected chi connectivity index (χ2v) is 6.39. The number of alkyl halides is 3. The number of nitrogens with zero attached hydrogens (tertiary/aromatic N) is 3. The summed E-state index contributed by atoms with van der Waals surface area (Å²) in [5.74, 6) is 0.345. The van der Waals surface area contributed by atoms with Crippen molar-refractivity contribution < 1.29 is 23.0 Å². The summed E-state index contributed by atoms with van der Waals surface area (Å²) in [6.07, 6.45) is 3.83. The third kappa shape index (κ3) is 5.09. The number of halogens is 3. The summed E-state index contributed by atoms with van der Waals surface area (Å²) in [5.41, 5.74) is 1.72. The minimum Gasteiger partial charge on any atom is -0.468 e. The largest absolute Gasteiger partial charge is 0.468 e. The monoisotopic (exact) mass is 357 g/mol. The van der Waals surface area contributed by atoms with Crippen LogP contribution in [0.2, 0.25) is 0 Å². The third-order valence-corrected chi connectivity index (χ3v) is 4.19. The van der Waals surface area contributed by atoms with Crippen LogP contribution in [-0.2, 0) is 6.54 Å². The molecule has 0 unspecified atom stereocenters. The molecule has 138 valence electrons. The lowest BCUT2D eigenvalue weighted by Gasteiger charge is -2.29. The molecule has 5 nitrogen and oxygen atoms in total. The van der Waals surface area contributed by atoms with Gasteiger partial charge in [0.25, 0.3) is 0 Å². The van der Waals surface area contributed by atoms with Gasteiger partial charge in [-0.1, -0.05) is 6.08 Å². The minimum atomic E-state index is -4.37. The molecule has 1 aliphatic carbocycles. The fourth-order valence-electron chi connectivity index (χ4n) is 2.86. The van der Waals surface area contributed by atoms with Gasteiger partial charge in [0.15, 0.2) is 6.61 Å². The third-order valence-electron chi connectivity index (χ3n) is 4.19. The number of aliphatic hydroxyl groups excluding tert-OH is 1. The molecule has 0 bridgehead atoms. The van der Waals surface area contributed by atoms with E-state index in [1.807, 2.05) is 23.4 Å². The molecule has 8 heteroatoms. The highest BCUT2D eigenvalue weighted by Crippen LogP contribution is 2.44. The van der Waals surface area contributed by atoms with E-state index >= 15 is 0 Å². The van der Waals surface area contributed by atoms with Gasteiger partial charge in [-0.3, -0.25) is 0 Å². The van der Waals surface area contributed by atoms with Crippen LogP contribution in [0.3, 0.4) is 0 Å². The van der Waals surface area contributed by atoms with E-state index in [-0.39, 0.29) is 18.4 Å². The predicted molar refractivity (Wildman–Crippen MR) is 85.7 cm³/mol. The van der Waals surface area contributed by atoms with Crippen molar-refractivity contribution in [1.82, 2.24) is 15.0 Å². The van der Waals surface area contributed by atoms with E-state index < -0.39 is 12.8 Å². The summed E-state index contributed by atoms with van der Waals surface area (Å²) in [4.78, 5) is 4.14. The number of pyridine rings is 1. The first-order valence-corrected chi connectivity index (χ1v) is 8.43. The molecule has 0 amide bonds. The van der Waals surface area contributed by atoms with Crippen molar-refractivity contribution in [2.75, 3.05) is 26.3 Å². The molecule has 3 rings (SSSR count). The summed E-state index contributed by atoms with van der Waals surface area (Å²) in [7, 11) is 0. The van der Waals surface area contributed by atoms with Crippen molar-refractivity contribution in [2.24, 2.45) is 0 Å². The van der Waals surface area contributed by atoms with Gasteiger partial charge in [0.1, 0.15) is 0 Å². The van der Waals surface area contributed by atoms with Crippen molar-refractivity contribution >= 4 is 0 Å². The van der Waals surface area contributed by atoms with Gasteiger partial charge in [-0.15, -0.1) is 0 Å². The number of ether oxygens (including phenoxy) is 1. The average Bonchev–Trinajstić information content (AvgIpc) is 3.32. The van der Waals surface area contributed by atoms with Crippen LogP contribution in [0, 0.1) is 0 Å². The summed E-state index contributed by atoms with van der Waals surface area (Å²) in [6.45, 7) is 0.921. The first kappa shape index (κ1) is 18.0. The van der Waals surface area contributed by atoms with Crippen LogP contribution in [-0.4, -0.2) is 52.6 Å². The lowest BCUT2D eigenvalue weighted by molar-refractivity contribution is -0.154. The maximum atomic E-state index is 12.4. The molecule has 0 radical (unpaired) electrons. The Morgan fingerprint density at radius 2 is 2.12 bits per heavy atom. The molecule has 0 saturated heterocycles. The van der Waals surface area contributed by atoms with Gasteiger partial charge in [0.05, 0.1) is 0 Å². The second kappa shape index (κ2) is 7.61. The van der Waals surface area contributed by atoms with Gasteiger partial charge < -0.3 is 14.9 Å². The fraction of sp³-hybridized carbons (Fsp3) is 0.588. The molecule has 25 heavy (non-hydrogen) atoms. The Bertz CT molecular complexity index is 618. The number of hydrogen-bond donors (Lipinski definition) is 1. The molecule has 1 N–H and O–H groups in total. The number of hydrogen-bond acceptors (Lipinski definition) is 5. The average molecular weight is 357 g/mol. The van der Waals surface area contributed by atoms with Gasteiger partial charge in [0.2, 0.25) is 5.88 Å². The molecular weight excluding hydrogens is 335 g/mol. The van der Waals surface area contributed by atoms with Crippen molar-refractivity contribution in [1.29, 1.82) is 0 Å². The van der Waals surface area contributed by atoms with E-state index in [1.165, 1.54) is 0 Å². The highest BCUT2D eigenvalue weighted by Gasteiger charge is 2.32. The fourth-order valence-corrected chi connectivity index (χ4v) is 2.86. The smallest absolute Gasteiger partial charge is 0.422 e. The van der Waals surface area contributed by atoms with Crippen LogP contribution < -0.4 is 4.74 Å². The summed E-state index contributed by atoms with van der Waals surface area (Å²) < 4.78 is 42.1. The highest BCUT2D eigenvalue weighted by atomic mass is 19.4. The van der Waals surface area contributed by atoms with Crippen LogP contribution in [0.15, 0.2) is 24.5 Å². The molecule has 2 aliphatic rings. The van der Waals surface area contributed by atoms with E-state index in [0.717, 1.165) is 37.1 Å². The van der Waals surface area contributed by atoms with Crippen LogP contribution in [0.25, 0.3) is 0 Å². The van der Waals surface area contributed by atoms with E-state index in [2.05, 4.69) is 9.99 Å². The lowest BCUT2D eigenvalue weighted by Crippen LogP contribution is -2.35. The van der Waals surface area contributed by atoms with Gasteiger partial charge >= 0.3 is 6.18 Å². The zero-order valence-electron chi connectivity index (χ0n) is 13.9. The second-order valence-electron chi connectivity index (χ2n) is 6.39. The van der Waals surface area contributed by atoms with Gasteiger partial charge in [-0.25, -0.2) is 9.99 Å². The SMILES string of the molecule is OCCCN1C=CCN1Cc1cnc(OCC(F)(F)F)c(C2CC2)c1. The zero-order chi connectivity index (χ0) is 17.9. The Kier molecular flexibility index (Phi) is 5.48. The summed E-state index contributed by atoms with van der Waals surface area (Å²) in [5, 5.41) is 13.1. The Balaban J connectivity index is 1.67. The van der Waals surface area contributed by atoms with Crippen molar-refractivity contribution in [3.8, 4) is 5.88 Å². The molecule has 2 heterocycles. The summed E-state index contributed by atoms with van der Waals surface area (Å²) >= 11 is 0. The van der Waals surface area contributed by atoms with E-state index in [0.29, 0.717) is 13.0 Å². The van der Waals surface area contributed by atoms with Crippen LogP contribution >= 0.6 is 0 Å². The lowest BCUT2D eigenvalue weighted by atomic mass is 10.1. The number of aliphatic hydroxyl groups is 1. The van der Waals surface area contributed by atoms with Crippen molar-refractivity contribution in [2.45, 2.75) is 37.9 Å². The van der Waals surface area contributed by atoms with Gasteiger partial charge in [-0.05, 0) is 36.8 Å². The van der Waals surface area contributed by atoms with Gasteiger partial charge in [0, 0.05) is 44.2 Å². The van der Waals surface area contributed by atoms with E-state index in [4.69, 9.17) is 9.84 Å². The normalized spacial score (nSPS) is 18.2. The Morgan fingerprint density at radius 3 is 2.80 bits per heavy atom. The van der Waals surface area contributed by atoms with E-state index in [1.54, 1.807) is 6.20 Å². The van der Waals surface area contributed by atoms with Crippen molar-refractivity contribution in [3.05, 3.63) is 35.7 Å². The molecule has 1 aromatic rings. The van der Waals surface area contributed by atoms with Crippen LogP contribution in [0.5, 0.6) is 5.88 Å². The number of hydrazine groups is 1. The molecule has 1 saturated carbocycles. The maximum absolute atomic E-state index is 12.4. The van der Waals surface area contributed by atoms with Gasteiger partial charge in [-0.2, -0.15) is 13.2 Å². The molecule has 0 spiro atoms. The molecule has 1 aliphatic heterocycles. The quantitative estimate of drug-likeness (QED) is 0.775. The Labute approximate surface area is 144 Å². The predicted octanol–water partition coefficient (Wildman–Crippen LogP) is 2.83. The summed E-state index contributed by atoms with van der Waals surface area (Å²) in [6, 6.07) is 1.92. The zero-order valence-corrected chi connectivity index (χ0v) is 13.9. The highest BCUT2D eigenvalue weighted by molar-refractivity contribution is 5.36. The molecule has 0 atom stereocenters. The Morgan fingerprint density at radius 1 is 1.32 bits per heavy atom. The van der Waals surface area contributed by atoms with Crippen LogP contribution in [0.1, 0.15) is 36.3 Å². The topological polar surface area (TPSA) is 48.8 Å². The number of rotatable bonds is 8. The van der Waals surface area contributed by atoms with Crippen LogP contribution in [0.4, 0.5) is 13.2 Å². The molecular formula is C17H22F3N3O2. The standard InChI is InChI=1S/C17H22F3N3O2/c18-17(19,20)12-25-16-15(14-3-4-14)9-13(10-21-16)11-23-6-1-5-22(23)7-2-8-24/h1,5,9-10,14,24H,2-4,6-8,11-12H2.